The van der Waals surface area contributed by atoms with Gasteiger partial charge in [0.25, 0.3) is 0 Å². The minimum Gasteiger partial charge on any atom is -0.324 e. The van der Waals surface area contributed by atoms with Crippen molar-refractivity contribution in [1.29, 1.82) is 0 Å². The van der Waals surface area contributed by atoms with Gasteiger partial charge in [-0.3, -0.25) is 0 Å². The highest BCUT2D eigenvalue weighted by molar-refractivity contribution is 6.44. The first-order chi connectivity index (χ1) is 8.04. The Kier molecular flexibility index (Phi) is 3.29. The lowest BCUT2D eigenvalue weighted by atomic mass is 10.0. The first-order valence-electron chi connectivity index (χ1n) is 5.08. The van der Waals surface area contributed by atoms with Crippen molar-refractivity contribution >= 4 is 36.5 Å². The highest BCUT2D eigenvalue weighted by atomic mass is 35.5. The van der Waals surface area contributed by atoms with Crippen LogP contribution in [0.3, 0.4) is 0 Å². The number of nitrogens with one attached hydrogen (secondary N) is 1. The Morgan fingerprint density at radius 2 is 2.12 bits per heavy atom. The summed E-state index contributed by atoms with van der Waals surface area (Å²) in [6, 6.07) is 4.64. The number of rotatable bonds is 2. The molecular weight excluding hydrogens is 239 g/mol. The fraction of sp³-hybridized carbons (Fsp3) is 0.0909. The number of aryl methyl sites for hydroxylation is 1. The Morgan fingerprint density at radius 3 is 2.76 bits per heavy atom. The molecule has 0 amide bonds. The summed E-state index contributed by atoms with van der Waals surface area (Å²) < 4.78 is 13.2. The second-order valence-corrected chi connectivity index (χ2v) is 4.17. The molecule has 0 aliphatic rings. The highest BCUT2D eigenvalue weighted by Gasteiger charge is 2.03. The van der Waals surface area contributed by atoms with Gasteiger partial charge in [0.1, 0.15) is 18.8 Å². The van der Waals surface area contributed by atoms with Crippen molar-refractivity contribution in [3.05, 3.63) is 40.9 Å². The molecule has 0 unspecified atom stereocenters. The SMILES string of the molecule is Bc1cnc(Nc2cc(C)cc(F)c2)nc1Cl. The van der Waals surface area contributed by atoms with Gasteiger partial charge in [0.2, 0.25) is 5.95 Å². The van der Waals surface area contributed by atoms with Gasteiger partial charge in [0, 0.05) is 11.9 Å². The molecule has 17 heavy (non-hydrogen) atoms. The van der Waals surface area contributed by atoms with Crippen molar-refractivity contribution in [2.45, 2.75) is 6.92 Å². The molecular formula is C11H10BClFN3. The predicted octanol–water partition coefficient (Wildman–Crippen LogP) is 1.58. The van der Waals surface area contributed by atoms with E-state index in [1.165, 1.54) is 12.1 Å². The van der Waals surface area contributed by atoms with Gasteiger partial charge < -0.3 is 5.32 Å². The number of halogens is 2. The van der Waals surface area contributed by atoms with Crippen LogP contribution in [-0.4, -0.2) is 17.8 Å². The smallest absolute Gasteiger partial charge is 0.228 e. The Balaban J connectivity index is 2.28. The number of hydrogen-bond donors (Lipinski definition) is 1. The zero-order valence-corrected chi connectivity index (χ0v) is 10.2. The number of nitrogens with zero attached hydrogens (tertiary/aromatic N) is 2. The Bertz CT molecular complexity index is 542. The van der Waals surface area contributed by atoms with Gasteiger partial charge >= 0.3 is 0 Å². The van der Waals surface area contributed by atoms with Crippen molar-refractivity contribution in [2.75, 3.05) is 5.32 Å². The third-order valence-electron chi connectivity index (χ3n) is 2.21. The summed E-state index contributed by atoms with van der Waals surface area (Å²) in [5.74, 6) is 0.0521. The maximum atomic E-state index is 13.2. The van der Waals surface area contributed by atoms with Crippen molar-refractivity contribution in [3.63, 3.8) is 0 Å². The highest BCUT2D eigenvalue weighted by Crippen LogP contribution is 2.17. The van der Waals surface area contributed by atoms with Crippen molar-refractivity contribution < 1.29 is 4.39 Å². The number of anilines is 2. The van der Waals surface area contributed by atoms with E-state index in [0.717, 1.165) is 11.0 Å². The maximum absolute atomic E-state index is 13.2. The topological polar surface area (TPSA) is 37.8 Å². The van der Waals surface area contributed by atoms with E-state index < -0.39 is 0 Å². The van der Waals surface area contributed by atoms with Crippen LogP contribution in [-0.2, 0) is 0 Å². The quantitative estimate of drug-likeness (QED) is 0.649. The van der Waals surface area contributed by atoms with Crippen LogP contribution in [0.25, 0.3) is 0 Å². The molecule has 0 aliphatic heterocycles. The van der Waals surface area contributed by atoms with E-state index in [4.69, 9.17) is 11.6 Å². The van der Waals surface area contributed by atoms with E-state index in [2.05, 4.69) is 15.3 Å². The van der Waals surface area contributed by atoms with Gasteiger partial charge in [-0.25, -0.2) is 14.4 Å². The van der Waals surface area contributed by atoms with Crippen LogP contribution in [0.5, 0.6) is 0 Å². The van der Waals surface area contributed by atoms with E-state index in [1.54, 1.807) is 12.3 Å². The van der Waals surface area contributed by atoms with Crippen LogP contribution in [0.4, 0.5) is 16.0 Å². The van der Waals surface area contributed by atoms with Gasteiger partial charge in [-0.15, -0.1) is 0 Å². The van der Waals surface area contributed by atoms with E-state index in [-0.39, 0.29) is 5.82 Å². The minimum absolute atomic E-state index is 0.300. The number of aromatic nitrogens is 2. The van der Waals surface area contributed by atoms with Crippen LogP contribution < -0.4 is 10.8 Å². The lowest BCUT2D eigenvalue weighted by Gasteiger charge is -2.06. The molecule has 2 rings (SSSR count). The summed E-state index contributed by atoms with van der Waals surface area (Å²) in [7, 11) is 1.82. The van der Waals surface area contributed by atoms with Crippen molar-refractivity contribution in [2.24, 2.45) is 0 Å². The number of benzene rings is 1. The summed E-state index contributed by atoms with van der Waals surface area (Å²) in [6.07, 6.45) is 1.61. The monoisotopic (exact) mass is 249 g/mol. The molecule has 0 saturated heterocycles. The van der Waals surface area contributed by atoms with Gasteiger partial charge in [0.15, 0.2) is 0 Å². The van der Waals surface area contributed by atoms with E-state index in [0.29, 0.717) is 16.8 Å². The molecule has 1 aromatic heterocycles. The van der Waals surface area contributed by atoms with Crippen molar-refractivity contribution in [1.82, 2.24) is 9.97 Å². The zero-order chi connectivity index (χ0) is 12.4. The summed E-state index contributed by atoms with van der Waals surface area (Å²) >= 11 is 5.88. The summed E-state index contributed by atoms with van der Waals surface area (Å²) in [5, 5.41) is 3.29. The molecule has 1 aromatic carbocycles. The first-order valence-corrected chi connectivity index (χ1v) is 5.46. The predicted molar refractivity (Wildman–Crippen MR) is 69.6 cm³/mol. The molecule has 6 heteroatoms. The van der Waals surface area contributed by atoms with Crippen LogP contribution >= 0.6 is 11.6 Å². The lowest BCUT2D eigenvalue weighted by molar-refractivity contribution is 0.627. The van der Waals surface area contributed by atoms with Gasteiger partial charge in [-0.05, 0) is 36.1 Å². The summed E-state index contributed by atoms with van der Waals surface area (Å²) in [6.45, 7) is 1.82. The van der Waals surface area contributed by atoms with Gasteiger partial charge in [-0.1, -0.05) is 11.6 Å². The van der Waals surface area contributed by atoms with Gasteiger partial charge in [0.05, 0.1) is 0 Å². The molecule has 0 saturated carbocycles. The third-order valence-corrected chi connectivity index (χ3v) is 2.59. The summed E-state index contributed by atoms with van der Waals surface area (Å²) in [5.41, 5.74) is 2.22. The Hall–Kier alpha value is -1.62. The molecule has 0 bridgehead atoms. The van der Waals surface area contributed by atoms with E-state index in [1.807, 2.05) is 14.8 Å². The van der Waals surface area contributed by atoms with Crippen LogP contribution in [0.1, 0.15) is 5.56 Å². The van der Waals surface area contributed by atoms with Crippen LogP contribution in [0.2, 0.25) is 5.15 Å². The first kappa shape index (κ1) is 11.9. The zero-order valence-electron chi connectivity index (χ0n) is 9.46. The average molecular weight is 249 g/mol. The third kappa shape index (κ3) is 2.94. The molecule has 1 N–H and O–H groups in total. The summed E-state index contributed by atoms with van der Waals surface area (Å²) in [4.78, 5) is 8.11. The normalized spacial score (nSPS) is 10.3. The second kappa shape index (κ2) is 4.71. The number of hydrogen-bond acceptors (Lipinski definition) is 3. The van der Waals surface area contributed by atoms with Crippen molar-refractivity contribution in [3.8, 4) is 0 Å². The standard InChI is InChI=1S/C11H10BClFN3/c1-6-2-7(14)4-8(3-6)16-11-15-5-9(12)10(13)17-11/h2-5H,12H2,1H3,(H,15,16,17). The molecule has 0 fully saturated rings. The fourth-order valence-electron chi connectivity index (χ4n) is 1.42. The van der Waals surface area contributed by atoms with Crippen LogP contribution in [0, 0.1) is 12.7 Å². The largest absolute Gasteiger partial charge is 0.324 e. The average Bonchev–Trinajstić information content (AvgIpc) is 2.22. The fourth-order valence-corrected chi connectivity index (χ4v) is 1.55. The van der Waals surface area contributed by atoms with Crippen LogP contribution in [0.15, 0.2) is 24.4 Å². The van der Waals surface area contributed by atoms with Gasteiger partial charge in [-0.2, -0.15) is 0 Å². The maximum Gasteiger partial charge on any atom is 0.228 e. The molecule has 86 valence electrons. The molecule has 0 aliphatic carbocycles. The molecule has 2 aromatic rings. The van der Waals surface area contributed by atoms with E-state index in [9.17, 15) is 4.39 Å². The Labute approximate surface area is 104 Å². The lowest BCUT2D eigenvalue weighted by Crippen LogP contribution is -2.09. The minimum atomic E-state index is -0.300. The van der Waals surface area contributed by atoms with E-state index >= 15 is 0 Å². The molecule has 3 nitrogen and oxygen atoms in total. The molecule has 1 heterocycles. The molecule has 0 spiro atoms. The Morgan fingerprint density at radius 1 is 1.35 bits per heavy atom. The molecule has 0 atom stereocenters. The second-order valence-electron chi connectivity index (χ2n) is 3.81. The molecule has 0 radical (unpaired) electrons.